The number of carbonyl (C=O) groups is 3. The minimum Gasteiger partial charge on any atom is -0.482 e. The Morgan fingerprint density at radius 3 is 2.52 bits per heavy atom. The first-order valence-corrected chi connectivity index (χ1v) is 7.76. The second-order valence-corrected chi connectivity index (χ2v) is 5.60. The van der Waals surface area contributed by atoms with Gasteiger partial charge in [-0.25, -0.2) is 4.79 Å². The molecule has 0 spiro atoms. The zero-order valence-electron chi connectivity index (χ0n) is 13.1. The molecule has 1 saturated carbocycles. The van der Waals surface area contributed by atoms with Crippen LogP contribution < -0.4 is 10.1 Å². The molecule has 0 heterocycles. The summed E-state index contributed by atoms with van der Waals surface area (Å²) in [5.41, 5.74) is 0.525. The summed E-state index contributed by atoms with van der Waals surface area (Å²) in [5, 5.41) is 2.88. The van der Waals surface area contributed by atoms with E-state index in [1.54, 1.807) is 31.2 Å². The standard InChI is InChI=1S/C17H21NO5/c1-12(17(21)18-14-4-2-3-5-14)23-16(20)11-22-15-8-6-13(10-19)7-9-15/h6-10,12,14H,2-5,11H2,1H3,(H,18,21)/t12-/m1/s1. The molecule has 1 N–H and O–H groups in total. The van der Waals surface area contributed by atoms with Crippen LogP contribution in [-0.4, -0.2) is 36.9 Å². The Kier molecular flexibility index (Phi) is 6.14. The highest BCUT2D eigenvalue weighted by molar-refractivity contribution is 5.84. The molecule has 1 fully saturated rings. The second-order valence-electron chi connectivity index (χ2n) is 5.60. The van der Waals surface area contributed by atoms with Crippen molar-refractivity contribution in [1.29, 1.82) is 0 Å². The minimum atomic E-state index is -0.843. The van der Waals surface area contributed by atoms with Gasteiger partial charge in [0.1, 0.15) is 12.0 Å². The smallest absolute Gasteiger partial charge is 0.344 e. The highest BCUT2D eigenvalue weighted by Gasteiger charge is 2.23. The third-order valence-corrected chi connectivity index (χ3v) is 3.75. The Balaban J connectivity index is 1.72. The molecule has 6 heteroatoms. The average molecular weight is 319 g/mol. The van der Waals surface area contributed by atoms with Crippen molar-refractivity contribution < 1.29 is 23.9 Å². The van der Waals surface area contributed by atoms with Gasteiger partial charge >= 0.3 is 5.97 Å². The molecule has 1 aliphatic rings. The number of hydrogen-bond acceptors (Lipinski definition) is 5. The topological polar surface area (TPSA) is 81.7 Å². The Morgan fingerprint density at radius 2 is 1.91 bits per heavy atom. The molecule has 2 rings (SSSR count). The number of nitrogens with one attached hydrogen (secondary N) is 1. The van der Waals surface area contributed by atoms with E-state index in [9.17, 15) is 14.4 Å². The summed E-state index contributed by atoms with van der Waals surface area (Å²) in [6, 6.07) is 6.55. The van der Waals surface area contributed by atoms with Gasteiger partial charge in [-0.2, -0.15) is 0 Å². The van der Waals surface area contributed by atoms with Gasteiger partial charge in [-0.1, -0.05) is 12.8 Å². The molecule has 1 atom stereocenters. The van der Waals surface area contributed by atoms with Gasteiger partial charge < -0.3 is 14.8 Å². The summed E-state index contributed by atoms with van der Waals surface area (Å²) in [6.45, 7) is 1.25. The number of esters is 1. The van der Waals surface area contributed by atoms with E-state index in [1.165, 1.54) is 0 Å². The fraction of sp³-hybridized carbons (Fsp3) is 0.471. The number of aldehydes is 1. The van der Waals surface area contributed by atoms with E-state index in [4.69, 9.17) is 9.47 Å². The molecule has 0 saturated heterocycles. The SMILES string of the molecule is C[C@@H](OC(=O)COc1ccc(C=O)cc1)C(=O)NC1CCCC1. The normalized spacial score (nSPS) is 15.7. The van der Waals surface area contributed by atoms with Crippen LogP contribution in [0.3, 0.4) is 0 Å². The van der Waals surface area contributed by atoms with Crippen LogP contribution >= 0.6 is 0 Å². The van der Waals surface area contributed by atoms with Gasteiger partial charge in [0.2, 0.25) is 0 Å². The maximum Gasteiger partial charge on any atom is 0.344 e. The number of amides is 1. The quantitative estimate of drug-likeness (QED) is 0.613. The van der Waals surface area contributed by atoms with E-state index < -0.39 is 12.1 Å². The van der Waals surface area contributed by atoms with Crippen molar-refractivity contribution in [3.63, 3.8) is 0 Å². The molecule has 0 bridgehead atoms. The first kappa shape index (κ1) is 17.0. The number of benzene rings is 1. The van der Waals surface area contributed by atoms with Crippen LogP contribution in [-0.2, 0) is 14.3 Å². The van der Waals surface area contributed by atoms with Gasteiger partial charge in [-0.15, -0.1) is 0 Å². The maximum atomic E-state index is 11.9. The molecule has 124 valence electrons. The molecule has 23 heavy (non-hydrogen) atoms. The molecule has 1 aromatic carbocycles. The molecule has 0 aromatic heterocycles. The lowest BCUT2D eigenvalue weighted by Crippen LogP contribution is -2.41. The first-order valence-electron chi connectivity index (χ1n) is 7.76. The average Bonchev–Trinajstić information content (AvgIpc) is 3.06. The lowest BCUT2D eigenvalue weighted by Gasteiger charge is -2.17. The van der Waals surface area contributed by atoms with Crippen LogP contribution in [0.5, 0.6) is 5.75 Å². The Hall–Kier alpha value is -2.37. The van der Waals surface area contributed by atoms with Crippen LogP contribution in [0.15, 0.2) is 24.3 Å². The van der Waals surface area contributed by atoms with Crippen LogP contribution in [0, 0.1) is 0 Å². The molecule has 6 nitrogen and oxygen atoms in total. The van der Waals surface area contributed by atoms with Crippen molar-refractivity contribution in [2.24, 2.45) is 0 Å². The van der Waals surface area contributed by atoms with Crippen LogP contribution in [0.2, 0.25) is 0 Å². The Bertz CT molecular complexity index is 549. The van der Waals surface area contributed by atoms with E-state index >= 15 is 0 Å². The zero-order valence-corrected chi connectivity index (χ0v) is 13.1. The Labute approximate surface area is 135 Å². The summed E-state index contributed by atoms with van der Waals surface area (Å²) < 4.78 is 10.3. The van der Waals surface area contributed by atoms with E-state index in [0.29, 0.717) is 11.3 Å². The van der Waals surface area contributed by atoms with Gasteiger partial charge in [0.25, 0.3) is 5.91 Å². The van der Waals surface area contributed by atoms with Gasteiger partial charge in [-0.3, -0.25) is 9.59 Å². The van der Waals surface area contributed by atoms with Gasteiger partial charge in [0.05, 0.1) is 0 Å². The number of rotatable bonds is 7. The van der Waals surface area contributed by atoms with Crippen LogP contribution in [0.25, 0.3) is 0 Å². The largest absolute Gasteiger partial charge is 0.482 e. The molecule has 0 radical (unpaired) electrons. The van der Waals surface area contributed by atoms with Crippen molar-refractivity contribution in [2.45, 2.75) is 44.8 Å². The third kappa shape index (κ3) is 5.39. The molecule has 1 aliphatic carbocycles. The maximum absolute atomic E-state index is 11.9. The van der Waals surface area contributed by atoms with E-state index in [-0.39, 0.29) is 18.6 Å². The lowest BCUT2D eigenvalue weighted by atomic mass is 10.2. The number of ether oxygens (including phenoxy) is 2. The molecule has 0 unspecified atom stereocenters. The zero-order chi connectivity index (χ0) is 16.7. The predicted octanol–water partition coefficient (Wildman–Crippen LogP) is 1.87. The van der Waals surface area contributed by atoms with E-state index in [2.05, 4.69) is 5.32 Å². The minimum absolute atomic E-state index is 0.191. The van der Waals surface area contributed by atoms with Crippen LogP contribution in [0.4, 0.5) is 0 Å². The first-order chi connectivity index (χ1) is 11.1. The van der Waals surface area contributed by atoms with Gasteiger partial charge in [-0.05, 0) is 44.0 Å². The van der Waals surface area contributed by atoms with Crippen molar-refractivity contribution >= 4 is 18.2 Å². The van der Waals surface area contributed by atoms with Crippen molar-refractivity contribution in [3.05, 3.63) is 29.8 Å². The summed E-state index contributed by atoms with van der Waals surface area (Å²) in [4.78, 5) is 34.2. The van der Waals surface area contributed by atoms with Crippen LogP contribution in [0.1, 0.15) is 43.0 Å². The molecular weight excluding hydrogens is 298 g/mol. The van der Waals surface area contributed by atoms with Crippen molar-refractivity contribution in [2.75, 3.05) is 6.61 Å². The molecule has 1 aromatic rings. The predicted molar refractivity (Wildman–Crippen MR) is 83.3 cm³/mol. The second kappa shape index (κ2) is 8.31. The molecule has 0 aliphatic heterocycles. The lowest BCUT2D eigenvalue weighted by molar-refractivity contribution is -0.156. The fourth-order valence-corrected chi connectivity index (χ4v) is 2.46. The van der Waals surface area contributed by atoms with Crippen molar-refractivity contribution in [3.8, 4) is 5.75 Å². The number of hydrogen-bond donors (Lipinski definition) is 1. The summed E-state index contributed by atoms with van der Waals surface area (Å²) >= 11 is 0. The fourth-order valence-electron chi connectivity index (χ4n) is 2.46. The summed E-state index contributed by atoms with van der Waals surface area (Å²) in [5.74, 6) is -0.435. The highest BCUT2D eigenvalue weighted by Crippen LogP contribution is 2.17. The monoisotopic (exact) mass is 319 g/mol. The van der Waals surface area contributed by atoms with Gasteiger partial charge in [0, 0.05) is 11.6 Å². The van der Waals surface area contributed by atoms with Crippen molar-refractivity contribution in [1.82, 2.24) is 5.32 Å². The van der Waals surface area contributed by atoms with Gasteiger partial charge in [0.15, 0.2) is 12.7 Å². The molecule has 1 amide bonds. The summed E-state index contributed by atoms with van der Waals surface area (Å²) in [6.07, 6.45) is 4.08. The Morgan fingerprint density at radius 1 is 1.26 bits per heavy atom. The third-order valence-electron chi connectivity index (χ3n) is 3.75. The summed E-state index contributed by atoms with van der Waals surface area (Å²) in [7, 11) is 0. The highest BCUT2D eigenvalue weighted by atomic mass is 16.6. The number of carbonyl (C=O) groups excluding carboxylic acids is 3. The van der Waals surface area contributed by atoms with E-state index in [0.717, 1.165) is 32.0 Å². The molecular formula is C17H21NO5. The van der Waals surface area contributed by atoms with E-state index in [1.807, 2.05) is 0 Å².